The van der Waals surface area contributed by atoms with E-state index in [9.17, 15) is 4.79 Å². The van der Waals surface area contributed by atoms with Crippen molar-refractivity contribution in [2.45, 2.75) is 59.8 Å². The molecule has 0 atom stereocenters. The van der Waals surface area contributed by atoms with Gasteiger partial charge in [0.2, 0.25) is 11.0 Å². The summed E-state index contributed by atoms with van der Waals surface area (Å²) >= 11 is 3.43. The largest absolute Gasteiger partial charge is 0.462 e. The first-order valence-electron chi connectivity index (χ1n) is 17.0. The SMILES string of the molecule is CCc1cccc(C)c1Nc1ccc2c(-c3ccccc3C(=O)OCCCBr)c3ccc(=[NH+]c4c(C)cccc4C(C)(C)C)cc-3oc2c1. The minimum Gasteiger partial charge on any atom is -0.462 e. The van der Waals surface area contributed by atoms with Crippen LogP contribution in [0.5, 0.6) is 0 Å². The van der Waals surface area contributed by atoms with Gasteiger partial charge in [0.1, 0.15) is 11.3 Å². The Bertz CT molecular complexity index is 2190. The lowest BCUT2D eigenvalue weighted by atomic mass is 9.84. The van der Waals surface area contributed by atoms with Crippen molar-refractivity contribution < 1.29 is 18.9 Å². The van der Waals surface area contributed by atoms with E-state index in [1.165, 1.54) is 22.3 Å². The molecule has 1 aliphatic heterocycles. The van der Waals surface area contributed by atoms with Crippen LogP contribution >= 0.6 is 15.9 Å². The van der Waals surface area contributed by atoms with E-state index in [2.05, 4.69) is 141 Å². The number of para-hydroxylation sites is 2. The molecule has 2 aliphatic rings. The fourth-order valence-electron chi connectivity index (χ4n) is 6.46. The van der Waals surface area contributed by atoms with Crippen LogP contribution in [0.1, 0.15) is 66.7 Å². The van der Waals surface area contributed by atoms with Crippen LogP contribution in [0.3, 0.4) is 0 Å². The number of carbonyl (C=O) groups is 1. The van der Waals surface area contributed by atoms with Crippen molar-refractivity contribution in [2.24, 2.45) is 0 Å². The molecule has 5 nitrogen and oxygen atoms in total. The molecule has 0 fully saturated rings. The molecule has 0 unspecified atom stereocenters. The molecule has 0 spiro atoms. The molecular formula is C43H44BrN2O3+. The maximum Gasteiger partial charge on any atom is 0.338 e. The third-order valence-corrected chi connectivity index (χ3v) is 9.57. The van der Waals surface area contributed by atoms with Crippen molar-refractivity contribution in [3.63, 3.8) is 0 Å². The van der Waals surface area contributed by atoms with Crippen molar-refractivity contribution >= 4 is 49.9 Å². The van der Waals surface area contributed by atoms with E-state index >= 15 is 0 Å². The second kappa shape index (κ2) is 14.4. The molecule has 6 heteroatoms. The van der Waals surface area contributed by atoms with Crippen LogP contribution in [0.4, 0.5) is 17.1 Å². The van der Waals surface area contributed by atoms with Crippen LogP contribution in [-0.2, 0) is 16.6 Å². The van der Waals surface area contributed by atoms with Crippen LogP contribution in [0.15, 0.2) is 101 Å². The van der Waals surface area contributed by atoms with Gasteiger partial charge in [-0.3, -0.25) is 0 Å². The summed E-state index contributed by atoms with van der Waals surface area (Å²) in [5.74, 6) is 0.374. The smallest absolute Gasteiger partial charge is 0.338 e. The molecule has 0 saturated carbocycles. The number of benzene rings is 5. The lowest BCUT2D eigenvalue weighted by Crippen LogP contribution is -2.71. The zero-order valence-electron chi connectivity index (χ0n) is 29.2. The molecule has 1 heterocycles. The number of hydrogen-bond donors (Lipinski definition) is 2. The predicted octanol–water partition coefficient (Wildman–Crippen LogP) is 9.68. The summed E-state index contributed by atoms with van der Waals surface area (Å²) < 4.78 is 12.5. The summed E-state index contributed by atoms with van der Waals surface area (Å²) in [6, 6.07) is 33.0. The van der Waals surface area contributed by atoms with Gasteiger partial charge in [-0.15, -0.1) is 0 Å². The number of ether oxygens (including phenoxy) is 1. The minimum atomic E-state index is -0.337. The first kappa shape index (κ1) is 34.2. The molecule has 6 rings (SSSR count). The van der Waals surface area contributed by atoms with E-state index in [1.54, 1.807) is 0 Å². The molecule has 2 N–H and O–H groups in total. The molecule has 0 saturated heterocycles. The molecule has 1 aliphatic carbocycles. The number of aryl methyl sites for hydroxylation is 3. The molecule has 0 radical (unpaired) electrons. The van der Waals surface area contributed by atoms with E-state index in [0.29, 0.717) is 23.5 Å². The Kier molecular flexibility index (Phi) is 10.1. The Labute approximate surface area is 297 Å². The molecule has 250 valence electrons. The fraction of sp³-hybridized carbons (Fsp3) is 0.256. The number of anilines is 2. The number of hydrogen-bond acceptors (Lipinski definition) is 4. The van der Waals surface area contributed by atoms with Crippen molar-refractivity contribution in [3.05, 3.63) is 130 Å². The van der Waals surface area contributed by atoms with Gasteiger partial charge in [-0.2, -0.15) is 0 Å². The Balaban J connectivity index is 1.59. The van der Waals surface area contributed by atoms with E-state index in [0.717, 1.165) is 62.7 Å². The van der Waals surface area contributed by atoms with Gasteiger partial charge >= 0.3 is 5.97 Å². The van der Waals surface area contributed by atoms with E-state index in [1.807, 2.05) is 24.3 Å². The highest BCUT2D eigenvalue weighted by Crippen LogP contribution is 2.42. The van der Waals surface area contributed by atoms with Crippen molar-refractivity contribution in [2.75, 3.05) is 17.3 Å². The Morgan fingerprint density at radius 3 is 2.43 bits per heavy atom. The van der Waals surface area contributed by atoms with Gasteiger partial charge in [0.05, 0.1) is 18.2 Å². The quantitative estimate of drug-likeness (QED) is 0.0677. The second-order valence-corrected chi connectivity index (χ2v) is 14.4. The van der Waals surface area contributed by atoms with Gasteiger partial charge in [0.25, 0.3) is 0 Å². The Morgan fingerprint density at radius 2 is 1.65 bits per heavy atom. The molecular weight excluding hydrogens is 672 g/mol. The first-order chi connectivity index (χ1) is 23.6. The summed E-state index contributed by atoms with van der Waals surface area (Å²) in [4.78, 5) is 17.2. The molecule has 0 aromatic heterocycles. The summed E-state index contributed by atoms with van der Waals surface area (Å²) in [7, 11) is 0. The van der Waals surface area contributed by atoms with E-state index in [-0.39, 0.29) is 11.4 Å². The summed E-state index contributed by atoms with van der Waals surface area (Å²) in [5, 5.41) is 6.27. The molecule has 49 heavy (non-hydrogen) atoms. The van der Waals surface area contributed by atoms with Gasteiger partial charge in [0.15, 0.2) is 0 Å². The highest BCUT2D eigenvalue weighted by molar-refractivity contribution is 9.09. The fourth-order valence-corrected chi connectivity index (χ4v) is 6.69. The summed E-state index contributed by atoms with van der Waals surface area (Å²) in [6.07, 6.45) is 1.67. The maximum atomic E-state index is 13.5. The Hall–Kier alpha value is -4.68. The summed E-state index contributed by atoms with van der Waals surface area (Å²) in [5.41, 5.74) is 11.8. The first-order valence-corrected chi connectivity index (χ1v) is 18.1. The highest BCUT2D eigenvalue weighted by atomic mass is 79.9. The monoisotopic (exact) mass is 715 g/mol. The van der Waals surface area contributed by atoms with Crippen molar-refractivity contribution in [1.82, 2.24) is 0 Å². The number of esters is 1. The van der Waals surface area contributed by atoms with Gasteiger partial charge in [-0.1, -0.05) is 98.2 Å². The zero-order chi connectivity index (χ0) is 34.7. The number of rotatable bonds is 9. The number of carbonyl (C=O) groups excluding carboxylic acids is 1. The van der Waals surface area contributed by atoms with Gasteiger partial charge in [-0.05, 0) is 73.1 Å². The second-order valence-electron chi connectivity index (χ2n) is 13.6. The van der Waals surface area contributed by atoms with Crippen LogP contribution in [0.2, 0.25) is 0 Å². The molecule has 4 aromatic carbocycles. The van der Waals surface area contributed by atoms with E-state index < -0.39 is 0 Å². The van der Waals surface area contributed by atoms with Crippen LogP contribution in [0.25, 0.3) is 33.4 Å². The number of nitrogens with one attached hydrogen (secondary N) is 2. The third kappa shape index (κ3) is 7.20. The Morgan fingerprint density at radius 1 is 0.878 bits per heavy atom. The summed E-state index contributed by atoms with van der Waals surface area (Å²) in [6.45, 7) is 13.5. The molecule has 4 aromatic rings. The maximum absolute atomic E-state index is 13.5. The lowest BCUT2D eigenvalue weighted by molar-refractivity contribution is -0.404. The molecule has 0 bridgehead atoms. The zero-order valence-corrected chi connectivity index (χ0v) is 30.8. The number of halogens is 1. The predicted molar refractivity (Wildman–Crippen MR) is 204 cm³/mol. The number of fused-ring (bicyclic) bond motifs is 2. The van der Waals surface area contributed by atoms with Crippen LogP contribution in [-0.4, -0.2) is 17.9 Å². The number of alkyl halides is 1. The minimum absolute atomic E-state index is 0.0378. The van der Waals surface area contributed by atoms with Crippen molar-refractivity contribution in [3.8, 4) is 22.5 Å². The average molecular weight is 717 g/mol. The van der Waals surface area contributed by atoms with Gasteiger partial charge in [-0.25, -0.2) is 9.79 Å². The molecule has 0 amide bonds. The normalized spacial score (nSPS) is 12.1. The standard InChI is InChI=1S/C43H43BrN2O3/c1-7-29-15-10-13-27(2)40(29)45-30-19-21-34-37(25-30)49-38-26-31(46-41-28(3)14-11-18-36(41)43(4,5)6)20-22-35(38)39(34)32-16-8-9-17-33(32)42(47)48-24-12-23-44/h8-11,13-22,25-26,45H,7,12,23-24H2,1-6H3/p+1. The highest BCUT2D eigenvalue weighted by Gasteiger charge is 2.25. The van der Waals surface area contributed by atoms with Crippen LogP contribution in [0, 0.1) is 13.8 Å². The van der Waals surface area contributed by atoms with Gasteiger partial charge < -0.3 is 14.5 Å². The average Bonchev–Trinajstić information content (AvgIpc) is 3.08. The third-order valence-electron chi connectivity index (χ3n) is 9.01. The van der Waals surface area contributed by atoms with Gasteiger partial charge in [0, 0.05) is 56.5 Å². The van der Waals surface area contributed by atoms with Crippen LogP contribution < -0.4 is 15.7 Å². The van der Waals surface area contributed by atoms with Crippen molar-refractivity contribution in [1.29, 1.82) is 0 Å². The topological polar surface area (TPSA) is 65.4 Å². The van der Waals surface area contributed by atoms with E-state index in [4.69, 9.17) is 9.15 Å². The lowest BCUT2D eigenvalue weighted by Gasteiger charge is -2.19.